The van der Waals surface area contributed by atoms with Crippen molar-refractivity contribution in [3.8, 4) is 17.0 Å². The van der Waals surface area contributed by atoms with Gasteiger partial charge in [-0.05, 0) is 24.6 Å². The van der Waals surface area contributed by atoms with Crippen LogP contribution in [0.5, 0.6) is 5.75 Å². The number of ether oxygens (including phenoxy) is 1. The Morgan fingerprint density at radius 3 is 2.95 bits per heavy atom. The van der Waals surface area contributed by atoms with Crippen molar-refractivity contribution in [1.82, 2.24) is 4.98 Å². The number of thiazole rings is 1. The van der Waals surface area contributed by atoms with E-state index in [9.17, 15) is 9.59 Å². The number of nitrogens with zero attached hydrogens (tertiary/aromatic N) is 2. The summed E-state index contributed by atoms with van der Waals surface area (Å²) in [6.45, 7) is 1.45. The Labute approximate surface area is 131 Å². The average molecular weight is 318 g/mol. The molecule has 1 aliphatic rings. The lowest BCUT2D eigenvalue weighted by Crippen LogP contribution is -2.47. The Morgan fingerprint density at radius 1 is 1.50 bits per heavy atom. The highest BCUT2D eigenvalue weighted by Gasteiger charge is 2.34. The summed E-state index contributed by atoms with van der Waals surface area (Å²) in [7, 11) is 0. The van der Waals surface area contributed by atoms with Crippen molar-refractivity contribution in [2.45, 2.75) is 19.4 Å². The lowest BCUT2D eigenvalue weighted by molar-refractivity contribution is -0.137. The molecular weight excluding hydrogens is 304 g/mol. The van der Waals surface area contributed by atoms with E-state index in [0.29, 0.717) is 17.9 Å². The van der Waals surface area contributed by atoms with Crippen molar-refractivity contribution in [3.63, 3.8) is 0 Å². The summed E-state index contributed by atoms with van der Waals surface area (Å²) >= 11 is 1.47. The molecule has 0 aliphatic carbocycles. The van der Waals surface area contributed by atoms with Crippen LogP contribution < -0.4 is 9.64 Å². The third-order valence-electron chi connectivity index (χ3n) is 3.45. The minimum absolute atomic E-state index is 0.326. The molecule has 0 spiro atoms. The first-order valence-corrected chi connectivity index (χ1v) is 7.77. The molecule has 114 valence electrons. The SMILES string of the molecule is CCC1Oc2ccc(-c3cscn3)cc2N(CC(=O)O)C1=O. The molecule has 22 heavy (non-hydrogen) atoms. The van der Waals surface area contributed by atoms with E-state index in [-0.39, 0.29) is 12.5 Å². The second-order valence-corrected chi connectivity index (χ2v) is 5.61. The van der Waals surface area contributed by atoms with Crippen molar-refractivity contribution >= 4 is 28.9 Å². The number of fused-ring (bicyclic) bond motifs is 1. The Morgan fingerprint density at radius 2 is 2.32 bits per heavy atom. The number of benzene rings is 1. The quantitative estimate of drug-likeness (QED) is 0.936. The van der Waals surface area contributed by atoms with E-state index in [1.807, 2.05) is 18.4 Å². The van der Waals surface area contributed by atoms with Gasteiger partial charge >= 0.3 is 5.97 Å². The molecule has 0 fully saturated rings. The molecule has 1 aromatic heterocycles. The van der Waals surface area contributed by atoms with Crippen LogP contribution in [-0.4, -0.2) is 34.6 Å². The molecule has 0 saturated heterocycles. The number of aromatic nitrogens is 1. The highest BCUT2D eigenvalue weighted by atomic mass is 32.1. The highest BCUT2D eigenvalue weighted by molar-refractivity contribution is 7.07. The molecule has 6 nitrogen and oxygen atoms in total. The van der Waals surface area contributed by atoms with E-state index in [4.69, 9.17) is 9.84 Å². The van der Waals surface area contributed by atoms with Crippen LogP contribution in [0.3, 0.4) is 0 Å². The fraction of sp³-hybridized carbons (Fsp3) is 0.267. The molecule has 1 amide bonds. The number of hydrogen-bond acceptors (Lipinski definition) is 5. The highest BCUT2D eigenvalue weighted by Crippen LogP contribution is 2.37. The first-order valence-electron chi connectivity index (χ1n) is 6.82. The van der Waals surface area contributed by atoms with Crippen molar-refractivity contribution in [2.24, 2.45) is 0 Å². The molecule has 1 unspecified atom stereocenters. The van der Waals surface area contributed by atoms with Crippen molar-refractivity contribution in [1.29, 1.82) is 0 Å². The largest absolute Gasteiger partial charge is 0.480 e. The third kappa shape index (κ3) is 2.55. The van der Waals surface area contributed by atoms with Gasteiger partial charge in [-0.25, -0.2) is 4.98 Å². The van der Waals surface area contributed by atoms with E-state index >= 15 is 0 Å². The van der Waals surface area contributed by atoms with Gasteiger partial charge in [-0.2, -0.15) is 0 Å². The minimum atomic E-state index is -1.06. The topological polar surface area (TPSA) is 79.7 Å². The molecule has 1 N–H and O–H groups in total. The molecular formula is C15H14N2O4S. The first-order chi connectivity index (χ1) is 10.6. The lowest BCUT2D eigenvalue weighted by atomic mass is 10.1. The smallest absolute Gasteiger partial charge is 0.323 e. The fourth-order valence-electron chi connectivity index (χ4n) is 2.39. The van der Waals surface area contributed by atoms with Gasteiger partial charge in [-0.15, -0.1) is 11.3 Å². The number of anilines is 1. The fourth-order valence-corrected chi connectivity index (χ4v) is 2.96. The Bertz CT molecular complexity index is 714. The second-order valence-electron chi connectivity index (χ2n) is 4.89. The zero-order valence-corrected chi connectivity index (χ0v) is 12.7. The van der Waals surface area contributed by atoms with Crippen LogP contribution in [0, 0.1) is 0 Å². The van der Waals surface area contributed by atoms with Crippen LogP contribution in [0.15, 0.2) is 29.1 Å². The molecule has 1 aliphatic heterocycles. The van der Waals surface area contributed by atoms with E-state index in [1.165, 1.54) is 16.2 Å². The molecule has 3 rings (SSSR count). The third-order valence-corrected chi connectivity index (χ3v) is 4.04. The summed E-state index contributed by atoms with van der Waals surface area (Å²) < 4.78 is 5.68. The maximum atomic E-state index is 12.4. The molecule has 0 bridgehead atoms. The molecule has 0 saturated carbocycles. The molecule has 2 aromatic rings. The number of hydrogen-bond donors (Lipinski definition) is 1. The molecule has 2 heterocycles. The van der Waals surface area contributed by atoms with Crippen molar-refractivity contribution < 1.29 is 19.4 Å². The summed E-state index contributed by atoms with van der Waals surface area (Å²) in [5.74, 6) is -0.866. The van der Waals surface area contributed by atoms with E-state index in [2.05, 4.69) is 4.98 Å². The van der Waals surface area contributed by atoms with Gasteiger partial charge < -0.3 is 9.84 Å². The van der Waals surface area contributed by atoms with Crippen LogP contribution in [0.1, 0.15) is 13.3 Å². The summed E-state index contributed by atoms with van der Waals surface area (Å²) in [4.78, 5) is 29.0. The number of amides is 1. The Hall–Kier alpha value is -2.41. The number of carbonyl (C=O) groups is 2. The second kappa shape index (κ2) is 5.76. The number of carbonyl (C=O) groups excluding carboxylic acids is 1. The predicted molar refractivity (Wildman–Crippen MR) is 82.2 cm³/mol. The van der Waals surface area contributed by atoms with Crippen LogP contribution in [0.2, 0.25) is 0 Å². The molecule has 7 heteroatoms. The maximum Gasteiger partial charge on any atom is 0.323 e. The number of rotatable bonds is 4. The van der Waals surface area contributed by atoms with E-state index in [0.717, 1.165) is 11.3 Å². The first kappa shape index (κ1) is 14.5. The normalized spacial score (nSPS) is 17.0. The minimum Gasteiger partial charge on any atom is -0.480 e. The average Bonchev–Trinajstić information content (AvgIpc) is 3.03. The standard InChI is InChI=1S/C15H14N2O4S/c1-2-12-15(20)17(6-14(18)19)11-5-9(3-4-13(11)21-12)10-7-22-8-16-10/h3-5,7-8,12H,2,6H2,1H3,(H,18,19). The molecule has 1 aromatic carbocycles. The summed E-state index contributed by atoms with van der Waals surface area (Å²) in [5.41, 5.74) is 3.80. The number of carboxylic acids is 1. The van der Waals surface area contributed by atoms with E-state index < -0.39 is 12.1 Å². The van der Waals surface area contributed by atoms with E-state index in [1.54, 1.807) is 17.6 Å². The van der Waals surface area contributed by atoms with Gasteiger partial charge in [0.1, 0.15) is 12.3 Å². The van der Waals surface area contributed by atoms with Gasteiger partial charge in [0.05, 0.1) is 16.9 Å². The lowest BCUT2D eigenvalue weighted by Gasteiger charge is -2.33. The van der Waals surface area contributed by atoms with Gasteiger partial charge in [0.25, 0.3) is 5.91 Å². The van der Waals surface area contributed by atoms with Crippen molar-refractivity contribution in [2.75, 3.05) is 11.4 Å². The van der Waals surface area contributed by atoms with Gasteiger partial charge in [-0.1, -0.05) is 6.92 Å². The zero-order valence-electron chi connectivity index (χ0n) is 11.9. The maximum absolute atomic E-state index is 12.4. The Kier molecular flexibility index (Phi) is 3.81. The van der Waals surface area contributed by atoms with Gasteiger partial charge in [-0.3, -0.25) is 14.5 Å². The van der Waals surface area contributed by atoms with Crippen LogP contribution in [0.25, 0.3) is 11.3 Å². The number of carboxylic acid groups (broad SMARTS) is 1. The Balaban J connectivity index is 2.06. The monoisotopic (exact) mass is 318 g/mol. The molecule has 1 atom stereocenters. The zero-order chi connectivity index (χ0) is 15.7. The van der Waals surface area contributed by atoms with Crippen LogP contribution >= 0.6 is 11.3 Å². The number of aliphatic carboxylic acids is 1. The predicted octanol–water partition coefficient (Wildman–Crippen LogP) is 2.40. The van der Waals surface area contributed by atoms with Crippen LogP contribution in [-0.2, 0) is 9.59 Å². The van der Waals surface area contributed by atoms with Crippen LogP contribution in [0.4, 0.5) is 5.69 Å². The van der Waals surface area contributed by atoms with Gasteiger partial charge in [0.2, 0.25) is 0 Å². The van der Waals surface area contributed by atoms with Gasteiger partial charge in [0.15, 0.2) is 6.10 Å². The van der Waals surface area contributed by atoms with Crippen molar-refractivity contribution in [3.05, 3.63) is 29.1 Å². The summed E-state index contributed by atoms with van der Waals surface area (Å²) in [5, 5.41) is 11.0. The molecule has 0 radical (unpaired) electrons. The van der Waals surface area contributed by atoms with Gasteiger partial charge in [0, 0.05) is 10.9 Å². The summed E-state index contributed by atoms with van der Waals surface area (Å²) in [6.07, 6.45) is -0.153. The summed E-state index contributed by atoms with van der Waals surface area (Å²) in [6, 6.07) is 5.36.